The molecule has 3 rings (SSSR count). The number of nitrogens with one attached hydrogen (secondary N) is 1. The summed E-state index contributed by atoms with van der Waals surface area (Å²) in [7, 11) is 1.61. The summed E-state index contributed by atoms with van der Waals surface area (Å²) in [6.45, 7) is 1.76. The van der Waals surface area contributed by atoms with E-state index in [2.05, 4.69) is 19.9 Å². The van der Waals surface area contributed by atoms with Crippen molar-refractivity contribution >= 4 is 17.4 Å². The van der Waals surface area contributed by atoms with Crippen molar-refractivity contribution < 1.29 is 9.53 Å². The van der Waals surface area contributed by atoms with Crippen LogP contribution in [0.15, 0.2) is 48.7 Å². The largest absolute Gasteiger partial charge is 0.497 e. The van der Waals surface area contributed by atoms with Crippen LogP contribution in [-0.2, 0) is 0 Å². The topological polar surface area (TPSA) is 77.0 Å². The van der Waals surface area contributed by atoms with Crippen molar-refractivity contribution in [2.75, 3.05) is 7.11 Å². The number of pyridine rings is 1. The fourth-order valence-electron chi connectivity index (χ4n) is 2.33. The first-order valence-electron chi connectivity index (χ1n) is 7.33. The van der Waals surface area contributed by atoms with Gasteiger partial charge in [-0.1, -0.05) is 22.7 Å². The van der Waals surface area contributed by atoms with E-state index in [9.17, 15) is 4.79 Å². The van der Waals surface area contributed by atoms with Gasteiger partial charge in [-0.25, -0.2) is 0 Å². The summed E-state index contributed by atoms with van der Waals surface area (Å²) in [5, 5.41) is 6.91. The number of amides is 1. The maximum atomic E-state index is 12.6. The lowest BCUT2D eigenvalue weighted by molar-refractivity contribution is 0.0945. The second-order valence-corrected chi connectivity index (χ2v) is 5.88. The minimum atomic E-state index is -0.393. The molecule has 0 aliphatic heterocycles. The summed E-state index contributed by atoms with van der Waals surface area (Å²) in [4.78, 5) is 17.5. The molecule has 122 valence electrons. The molecule has 7 heteroatoms. The van der Waals surface area contributed by atoms with Crippen LogP contribution in [0.5, 0.6) is 5.75 Å². The zero-order chi connectivity index (χ0) is 16.9. The second-order valence-electron chi connectivity index (χ2n) is 5.13. The molecule has 0 radical (unpaired) electrons. The van der Waals surface area contributed by atoms with E-state index in [4.69, 9.17) is 4.74 Å². The van der Waals surface area contributed by atoms with Crippen LogP contribution in [0.1, 0.15) is 32.7 Å². The Labute approximate surface area is 143 Å². The molecule has 2 heterocycles. The zero-order valence-corrected chi connectivity index (χ0v) is 14.1. The number of aromatic nitrogens is 3. The van der Waals surface area contributed by atoms with Gasteiger partial charge in [0.2, 0.25) is 0 Å². The second kappa shape index (κ2) is 7.18. The molecular weight excluding hydrogens is 324 g/mol. The Morgan fingerprint density at radius 2 is 2.12 bits per heavy atom. The summed E-state index contributed by atoms with van der Waals surface area (Å²) in [6, 6.07) is 12.8. The molecule has 0 aliphatic rings. The third kappa shape index (κ3) is 3.41. The number of carbonyl (C=O) groups is 1. The SMILES string of the molecule is COc1cccc([C@@H](NC(=O)c2snnc2C)c2ccccn2)c1. The van der Waals surface area contributed by atoms with Crippen LogP contribution in [0, 0.1) is 6.92 Å². The van der Waals surface area contributed by atoms with Crippen molar-refractivity contribution in [3.05, 3.63) is 70.5 Å². The van der Waals surface area contributed by atoms with Crippen LogP contribution in [-0.4, -0.2) is 27.6 Å². The smallest absolute Gasteiger partial charge is 0.265 e. The van der Waals surface area contributed by atoms with Gasteiger partial charge in [0.1, 0.15) is 10.6 Å². The van der Waals surface area contributed by atoms with E-state index in [1.807, 2.05) is 42.5 Å². The lowest BCUT2D eigenvalue weighted by atomic mass is 10.0. The molecule has 0 saturated heterocycles. The van der Waals surface area contributed by atoms with Gasteiger partial charge in [-0.05, 0) is 48.3 Å². The van der Waals surface area contributed by atoms with E-state index in [-0.39, 0.29) is 5.91 Å². The van der Waals surface area contributed by atoms with Crippen molar-refractivity contribution in [3.8, 4) is 5.75 Å². The predicted octanol–water partition coefficient (Wildman–Crippen LogP) is 2.77. The van der Waals surface area contributed by atoms with Gasteiger partial charge in [-0.3, -0.25) is 9.78 Å². The highest BCUT2D eigenvalue weighted by Gasteiger charge is 2.22. The summed E-state index contributed by atoms with van der Waals surface area (Å²) in [5.41, 5.74) is 2.24. The Morgan fingerprint density at radius 1 is 1.25 bits per heavy atom. The molecule has 6 nitrogen and oxygen atoms in total. The highest BCUT2D eigenvalue weighted by molar-refractivity contribution is 7.08. The van der Waals surface area contributed by atoms with Crippen LogP contribution in [0.4, 0.5) is 0 Å². The van der Waals surface area contributed by atoms with Gasteiger partial charge >= 0.3 is 0 Å². The number of rotatable bonds is 5. The molecule has 2 aromatic heterocycles. The van der Waals surface area contributed by atoms with E-state index in [0.717, 1.165) is 28.5 Å². The molecule has 1 atom stereocenters. The molecule has 0 fully saturated rings. The molecule has 3 aromatic rings. The molecule has 1 N–H and O–H groups in total. The van der Waals surface area contributed by atoms with Crippen molar-refractivity contribution in [2.24, 2.45) is 0 Å². The highest BCUT2D eigenvalue weighted by Crippen LogP contribution is 2.25. The average molecular weight is 340 g/mol. The van der Waals surface area contributed by atoms with Gasteiger partial charge in [0.05, 0.1) is 24.5 Å². The van der Waals surface area contributed by atoms with Crippen molar-refractivity contribution in [3.63, 3.8) is 0 Å². The molecule has 0 bridgehead atoms. The minimum Gasteiger partial charge on any atom is -0.497 e. The molecular formula is C17H16N4O2S. The number of carbonyl (C=O) groups excluding carboxylic acids is 1. The standard InChI is InChI=1S/C17H16N4O2S/c1-11-16(24-21-20-11)17(22)19-15(14-8-3-4-9-18-14)12-6-5-7-13(10-12)23-2/h3-10,15H,1-2H3,(H,19,22)/t15-/m1/s1. The van der Waals surface area contributed by atoms with E-state index in [1.165, 1.54) is 0 Å². The molecule has 1 aromatic carbocycles. The Hall–Kier alpha value is -2.80. The third-order valence-corrected chi connectivity index (χ3v) is 4.37. The van der Waals surface area contributed by atoms with Crippen LogP contribution in [0.2, 0.25) is 0 Å². The summed E-state index contributed by atoms with van der Waals surface area (Å²) < 4.78 is 9.10. The fourth-order valence-corrected chi connectivity index (χ4v) is 2.89. The van der Waals surface area contributed by atoms with E-state index < -0.39 is 6.04 Å². The number of aryl methyl sites for hydroxylation is 1. The number of hydrogen-bond donors (Lipinski definition) is 1. The molecule has 0 saturated carbocycles. The van der Waals surface area contributed by atoms with Gasteiger partial charge in [-0.2, -0.15) is 0 Å². The average Bonchev–Trinajstić information content (AvgIpc) is 3.06. The highest BCUT2D eigenvalue weighted by atomic mass is 32.1. The monoisotopic (exact) mass is 340 g/mol. The van der Waals surface area contributed by atoms with Crippen LogP contribution in [0.3, 0.4) is 0 Å². The van der Waals surface area contributed by atoms with E-state index >= 15 is 0 Å². The Balaban J connectivity index is 1.96. The minimum absolute atomic E-state index is 0.221. The van der Waals surface area contributed by atoms with Crippen molar-refractivity contribution in [1.82, 2.24) is 19.9 Å². The van der Waals surface area contributed by atoms with Crippen molar-refractivity contribution in [2.45, 2.75) is 13.0 Å². The van der Waals surface area contributed by atoms with E-state index in [1.54, 1.807) is 20.2 Å². The molecule has 0 unspecified atom stereocenters. The molecule has 24 heavy (non-hydrogen) atoms. The van der Waals surface area contributed by atoms with Gasteiger partial charge in [0, 0.05) is 6.20 Å². The van der Waals surface area contributed by atoms with Gasteiger partial charge in [0.15, 0.2) is 0 Å². The number of hydrogen-bond acceptors (Lipinski definition) is 6. The first-order valence-corrected chi connectivity index (χ1v) is 8.11. The molecule has 0 aliphatic carbocycles. The summed E-state index contributed by atoms with van der Waals surface area (Å²) >= 11 is 1.08. The predicted molar refractivity (Wildman–Crippen MR) is 91.2 cm³/mol. The Kier molecular flexibility index (Phi) is 4.81. The Morgan fingerprint density at radius 3 is 2.79 bits per heavy atom. The third-order valence-electron chi connectivity index (χ3n) is 3.54. The van der Waals surface area contributed by atoms with Gasteiger partial charge in [-0.15, -0.1) is 5.10 Å². The van der Waals surface area contributed by atoms with Crippen molar-refractivity contribution in [1.29, 1.82) is 0 Å². The lowest BCUT2D eigenvalue weighted by Gasteiger charge is -2.19. The Bertz CT molecular complexity index is 835. The number of nitrogens with zero attached hydrogens (tertiary/aromatic N) is 3. The van der Waals surface area contributed by atoms with Gasteiger partial charge < -0.3 is 10.1 Å². The lowest BCUT2D eigenvalue weighted by Crippen LogP contribution is -2.29. The maximum Gasteiger partial charge on any atom is 0.265 e. The zero-order valence-electron chi connectivity index (χ0n) is 13.3. The first-order chi connectivity index (χ1) is 11.7. The number of ether oxygens (including phenoxy) is 1. The quantitative estimate of drug-likeness (QED) is 0.773. The van der Waals surface area contributed by atoms with E-state index in [0.29, 0.717) is 10.6 Å². The van der Waals surface area contributed by atoms with Crippen LogP contribution < -0.4 is 10.1 Å². The molecule has 1 amide bonds. The van der Waals surface area contributed by atoms with Crippen LogP contribution in [0.25, 0.3) is 0 Å². The number of methoxy groups -OCH3 is 1. The fraction of sp³-hybridized carbons (Fsp3) is 0.176. The maximum absolute atomic E-state index is 12.6. The normalized spacial score (nSPS) is 11.8. The molecule has 0 spiro atoms. The first kappa shape index (κ1) is 16.1. The number of benzene rings is 1. The van der Waals surface area contributed by atoms with Crippen LogP contribution >= 0.6 is 11.5 Å². The summed E-state index contributed by atoms with van der Waals surface area (Å²) in [6.07, 6.45) is 1.70. The summed E-state index contributed by atoms with van der Waals surface area (Å²) in [5.74, 6) is 0.499. The van der Waals surface area contributed by atoms with Gasteiger partial charge in [0.25, 0.3) is 5.91 Å².